The zero-order valence-corrected chi connectivity index (χ0v) is 28.7. The van der Waals surface area contributed by atoms with Crippen LogP contribution in [0.5, 0.6) is 5.75 Å². The lowest BCUT2D eigenvalue weighted by molar-refractivity contribution is -0.131. The van der Waals surface area contributed by atoms with Gasteiger partial charge >= 0.3 is 0 Å². The minimum atomic E-state index is -4.02. The summed E-state index contributed by atoms with van der Waals surface area (Å²) in [5, 5.41) is 10.0. The van der Waals surface area contributed by atoms with Crippen molar-refractivity contribution < 1.29 is 32.6 Å². The first-order chi connectivity index (χ1) is 22.4. The Morgan fingerprint density at radius 3 is 2.60 bits per heavy atom. The standard InChI is InChI=1S/C34H47N5O7S/c1-24-19-39(25(2)22-40)34(42)29-18-28(36-47(43,44)32-21-37(4)23-35-32)14-15-30(29)46-26(3)11-9-10-16-45-31(24)20-38(5)33(41)17-27-12-7-6-8-13-27/h6-8,12-15,18,21,23-26,31,36,40H,9-11,16-17,19-20,22H2,1-5H3/t24-,25+,26-,31-/m1/s1. The predicted molar refractivity (Wildman–Crippen MR) is 179 cm³/mol. The van der Waals surface area contributed by atoms with Crippen molar-refractivity contribution in [3.63, 3.8) is 0 Å². The fourth-order valence-electron chi connectivity index (χ4n) is 5.46. The first-order valence-electron chi connectivity index (χ1n) is 16.0. The summed E-state index contributed by atoms with van der Waals surface area (Å²) in [5.74, 6) is -0.369. The molecule has 0 saturated carbocycles. The van der Waals surface area contributed by atoms with E-state index in [9.17, 15) is 23.1 Å². The number of aryl methyl sites for hydroxylation is 1. The molecule has 0 aliphatic carbocycles. The molecule has 1 aliphatic heterocycles. The average molecular weight is 670 g/mol. The van der Waals surface area contributed by atoms with Gasteiger partial charge in [-0.25, -0.2) is 4.98 Å². The second kappa shape index (κ2) is 16.2. The average Bonchev–Trinajstić information content (AvgIpc) is 3.50. The van der Waals surface area contributed by atoms with E-state index >= 15 is 0 Å². The van der Waals surface area contributed by atoms with Gasteiger partial charge in [0.25, 0.3) is 15.9 Å². The molecule has 0 saturated heterocycles. The van der Waals surface area contributed by atoms with Crippen LogP contribution in [0.3, 0.4) is 0 Å². The van der Waals surface area contributed by atoms with Gasteiger partial charge in [-0.15, -0.1) is 0 Å². The summed E-state index contributed by atoms with van der Waals surface area (Å²) in [7, 11) is -0.593. The van der Waals surface area contributed by atoms with E-state index in [1.807, 2.05) is 44.2 Å². The fourth-order valence-corrected chi connectivity index (χ4v) is 6.49. The summed E-state index contributed by atoms with van der Waals surface area (Å²) in [4.78, 5) is 34.6. The largest absolute Gasteiger partial charge is 0.490 e. The molecule has 1 aliphatic rings. The lowest BCUT2D eigenvalue weighted by Crippen LogP contribution is -2.48. The molecule has 13 heteroatoms. The van der Waals surface area contributed by atoms with Crippen molar-refractivity contribution in [1.82, 2.24) is 19.4 Å². The number of benzene rings is 2. The molecule has 0 unspecified atom stereocenters. The number of aliphatic hydroxyl groups excluding tert-OH is 1. The molecule has 0 spiro atoms. The molecular formula is C34H47N5O7S. The maximum Gasteiger partial charge on any atom is 0.280 e. The highest BCUT2D eigenvalue weighted by Crippen LogP contribution is 2.29. The third-order valence-corrected chi connectivity index (χ3v) is 9.60. The number of anilines is 1. The number of hydrogen-bond donors (Lipinski definition) is 2. The fraction of sp³-hybridized carbons (Fsp3) is 0.500. The molecule has 2 amide bonds. The number of sulfonamides is 1. The van der Waals surface area contributed by atoms with Crippen LogP contribution in [0.4, 0.5) is 5.69 Å². The topological polar surface area (TPSA) is 143 Å². The van der Waals surface area contributed by atoms with Crippen LogP contribution >= 0.6 is 0 Å². The second-order valence-electron chi connectivity index (χ2n) is 12.4. The lowest BCUT2D eigenvalue weighted by Gasteiger charge is -2.36. The van der Waals surface area contributed by atoms with E-state index in [2.05, 4.69) is 9.71 Å². The number of nitrogens with one attached hydrogen (secondary N) is 1. The van der Waals surface area contributed by atoms with E-state index < -0.39 is 22.0 Å². The van der Waals surface area contributed by atoms with Gasteiger partial charge in [0.1, 0.15) is 5.75 Å². The van der Waals surface area contributed by atoms with Crippen LogP contribution < -0.4 is 9.46 Å². The molecule has 2 heterocycles. The zero-order chi connectivity index (χ0) is 34.1. The molecule has 2 N–H and O–H groups in total. The number of imidazole rings is 1. The lowest BCUT2D eigenvalue weighted by atomic mass is 10.0. The maximum absolute atomic E-state index is 14.3. The van der Waals surface area contributed by atoms with Crippen LogP contribution in [0, 0.1) is 5.92 Å². The molecule has 256 valence electrons. The molecule has 0 radical (unpaired) electrons. The van der Waals surface area contributed by atoms with Crippen molar-refractivity contribution >= 4 is 27.5 Å². The molecule has 0 fully saturated rings. The van der Waals surface area contributed by atoms with Gasteiger partial charge in [-0.2, -0.15) is 8.42 Å². The normalized spacial score (nSPS) is 20.4. The van der Waals surface area contributed by atoms with Crippen molar-refractivity contribution in [2.24, 2.45) is 13.0 Å². The highest BCUT2D eigenvalue weighted by Gasteiger charge is 2.31. The predicted octanol–water partition coefficient (Wildman–Crippen LogP) is 3.72. The van der Waals surface area contributed by atoms with Crippen molar-refractivity contribution in [3.05, 3.63) is 72.2 Å². The second-order valence-corrected chi connectivity index (χ2v) is 14.1. The van der Waals surface area contributed by atoms with Crippen LogP contribution in [-0.4, -0.2) is 96.3 Å². The summed E-state index contributed by atoms with van der Waals surface area (Å²) in [5.41, 5.74) is 1.26. The number of aromatic nitrogens is 2. The quantitative estimate of drug-likeness (QED) is 0.351. The Morgan fingerprint density at radius 2 is 1.91 bits per heavy atom. The van der Waals surface area contributed by atoms with Crippen LogP contribution in [0.15, 0.2) is 66.1 Å². The molecular weight excluding hydrogens is 622 g/mol. The Bertz CT molecular complexity index is 1600. The van der Waals surface area contributed by atoms with Gasteiger partial charge in [0, 0.05) is 51.6 Å². The number of carbonyl (C=O) groups is 2. The monoisotopic (exact) mass is 669 g/mol. The van der Waals surface area contributed by atoms with Gasteiger partial charge in [0.2, 0.25) is 5.91 Å². The Kier molecular flexibility index (Phi) is 12.4. The number of nitrogens with zero attached hydrogens (tertiary/aromatic N) is 4. The summed E-state index contributed by atoms with van der Waals surface area (Å²) >= 11 is 0. The van der Waals surface area contributed by atoms with Crippen molar-refractivity contribution in [2.75, 3.05) is 38.1 Å². The number of likely N-dealkylation sites (N-methyl/N-ethyl adjacent to an activating group) is 1. The Morgan fingerprint density at radius 1 is 1.17 bits per heavy atom. The van der Waals surface area contributed by atoms with Crippen LogP contribution in [0.1, 0.15) is 56.0 Å². The first kappa shape index (κ1) is 35.9. The van der Waals surface area contributed by atoms with Gasteiger partial charge in [-0.05, 0) is 56.9 Å². The minimum absolute atomic E-state index is 0.0383. The first-order valence-corrected chi connectivity index (χ1v) is 17.5. The van der Waals surface area contributed by atoms with Gasteiger partial charge in [-0.1, -0.05) is 37.3 Å². The number of ether oxygens (including phenoxy) is 2. The number of amides is 2. The highest BCUT2D eigenvalue weighted by molar-refractivity contribution is 7.92. The van der Waals surface area contributed by atoms with E-state index in [-0.39, 0.29) is 59.9 Å². The third kappa shape index (κ3) is 9.78. The van der Waals surface area contributed by atoms with E-state index in [1.165, 1.54) is 23.2 Å². The molecule has 0 bridgehead atoms. The molecule has 4 rings (SSSR count). The van der Waals surface area contributed by atoms with Crippen LogP contribution in [0.2, 0.25) is 0 Å². The summed E-state index contributed by atoms with van der Waals surface area (Å²) in [6, 6.07) is 13.6. The maximum atomic E-state index is 14.3. The minimum Gasteiger partial charge on any atom is -0.490 e. The Hall–Kier alpha value is -3.94. The summed E-state index contributed by atoms with van der Waals surface area (Å²) < 4.78 is 42.7. The van der Waals surface area contributed by atoms with Crippen LogP contribution in [0.25, 0.3) is 0 Å². The molecule has 3 aromatic rings. The van der Waals surface area contributed by atoms with E-state index in [0.717, 1.165) is 18.4 Å². The molecule has 47 heavy (non-hydrogen) atoms. The number of carbonyl (C=O) groups excluding carboxylic acids is 2. The van der Waals surface area contributed by atoms with Crippen LogP contribution in [-0.2, 0) is 33.0 Å². The van der Waals surface area contributed by atoms with Crippen molar-refractivity contribution in [1.29, 1.82) is 0 Å². The number of aliphatic hydroxyl groups is 1. The third-order valence-electron chi connectivity index (χ3n) is 8.34. The van der Waals surface area contributed by atoms with Gasteiger partial charge < -0.3 is 28.9 Å². The van der Waals surface area contributed by atoms with Gasteiger partial charge in [0.05, 0.1) is 43.2 Å². The van der Waals surface area contributed by atoms with Crippen molar-refractivity contribution in [3.8, 4) is 5.75 Å². The molecule has 2 aromatic carbocycles. The number of rotatable bonds is 9. The highest BCUT2D eigenvalue weighted by atomic mass is 32.2. The van der Waals surface area contributed by atoms with E-state index in [4.69, 9.17) is 9.47 Å². The molecule has 4 atom stereocenters. The Balaban J connectivity index is 1.62. The summed E-state index contributed by atoms with van der Waals surface area (Å²) in [6.45, 7) is 6.37. The smallest absolute Gasteiger partial charge is 0.280 e. The van der Waals surface area contributed by atoms with Gasteiger partial charge in [-0.3, -0.25) is 14.3 Å². The molecule has 12 nitrogen and oxygen atoms in total. The van der Waals surface area contributed by atoms with E-state index in [1.54, 1.807) is 43.0 Å². The zero-order valence-electron chi connectivity index (χ0n) is 27.8. The Labute approximate surface area is 277 Å². The van der Waals surface area contributed by atoms with Crippen molar-refractivity contribution in [2.45, 2.75) is 69.7 Å². The SMILES string of the molecule is C[C@@H]1CCCCO[C@H](CN(C)C(=O)Cc2ccccc2)[C@H](C)CN([C@@H](C)CO)C(=O)c2cc(NS(=O)(=O)c3cn(C)cn3)ccc2O1. The molecule has 1 aromatic heterocycles. The van der Waals surface area contributed by atoms with E-state index in [0.29, 0.717) is 25.3 Å². The van der Waals surface area contributed by atoms with Gasteiger partial charge in [0.15, 0.2) is 5.03 Å². The number of hydrogen-bond acceptors (Lipinski definition) is 8. The summed E-state index contributed by atoms with van der Waals surface area (Å²) in [6.07, 6.45) is 4.74. The number of fused-ring (bicyclic) bond motifs is 1.